The predicted molar refractivity (Wildman–Crippen MR) is 99.5 cm³/mol. The third kappa shape index (κ3) is 4.85. The number of ether oxygens (including phenoxy) is 1. The van der Waals surface area contributed by atoms with Gasteiger partial charge in [-0.2, -0.15) is 0 Å². The van der Waals surface area contributed by atoms with Crippen molar-refractivity contribution in [1.29, 1.82) is 0 Å². The highest BCUT2D eigenvalue weighted by Gasteiger charge is 2.42. The number of nitrogens with one attached hydrogen (secondary N) is 2. The van der Waals surface area contributed by atoms with Crippen LogP contribution < -0.4 is 10.6 Å². The average Bonchev–Trinajstić information content (AvgIpc) is 2.84. The fraction of sp³-hybridized carbons (Fsp3) is 0.765. The van der Waals surface area contributed by atoms with Gasteiger partial charge < -0.3 is 24.9 Å². The van der Waals surface area contributed by atoms with Crippen LogP contribution in [0.2, 0.25) is 18.1 Å². The molecule has 0 radical (unpaired) electrons. The standard InChI is InChI=1S/C17H31N3O5Si/c1-11(21)18-14-7-8-20(16(23)19-14)15-9-12(22)13(25-15)10-24-26(5,6)17(2,3)4/h7-8,12-15,22H,9-10H2,1-6H3,(H,18,21)(H,19,23)/t12?,13-,14?,15-/m1/s1. The van der Waals surface area contributed by atoms with Crippen molar-refractivity contribution >= 4 is 20.3 Å². The van der Waals surface area contributed by atoms with Crippen molar-refractivity contribution in [3.05, 3.63) is 12.3 Å². The molecule has 0 saturated carbocycles. The van der Waals surface area contributed by atoms with Crippen molar-refractivity contribution in [3.8, 4) is 0 Å². The molecule has 2 unspecified atom stereocenters. The predicted octanol–water partition coefficient (Wildman–Crippen LogP) is 1.49. The molecule has 0 aliphatic carbocycles. The van der Waals surface area contributed by atoms with Crippen LogP contribution >= 0.6 is 0 Å². The maximum absolute atomic E-state index is 12.3. The monoisotopic (exact) mass is 385 g/mol. The Bertz CT molecular complexity index is 575. The van der Waals surface area contributed by atoms with Gasteiger partial charge in [-0.25, -0.2) is 4.79 Å². The van der Waals surface area contributed by atoms with E-state index in [9.17, 15) is 14.7 Å². The number of rotatable bonds is 5. The Labute approximate surface area is 156 Å². The summed E-state index contributed by atoms with van der Waals surface area (Å²) in [5.41, 5.74) is 0. The number of amides is 3. The summed E-state index contributed by atoms with van der Waals surface area (Å²) < 4.78 is 12.0. The number of nitrogens with zero attached hydrogens (tertiary/aromatic N) is 1. The number of hydrogen-bond acceptors (Lipinski definition) is 5. The largest absolute Gasteiger partial charge is 0.414 e. The summed E-state index contributed by atoms with van der Waals surface area (Å²) in [6.07, 6.45) is 1.29. The molecule has 1 saturated heterocycles. The zero-order valence-corrected chi connectivity index (χ0v) is 17.4. The number of aliphatic hydroxyl groups is 1. The van der Waals surface area contributed by atoms with Gasteiger partial charge in [-0.05, 0) is 24.2 Å². The summed E-state index contributed by atoms with van der Waals surface area (Å²) in [7, 11) is -1.94. The first-order valence-corrected chi connectivity index (χ1v) is 11.8. The average molecular weight is 386 g/mol. The second-order valence-electron chi connectivity index (χ2n) is 8.38. The third-order valence-corrected chi connectivity index (χ3v) is 9.74. The number of aliphatic hydroxyl groups excluding tert-OH is 1. The van der Waals surface area contributed by atoms with Crippen molar-refractivity contribution in [3.63, 3.8) is 0 Å². The van der Waals surface area contributed by atoms with Crippen LogP contribution in [0.4, 0.5) is 4.79 Å². The molecule has 3 amide bonds. The molecule has 3 N–H and O–H groups in total. The lowest BCUT2D eigenvalue weighted by atomic mass is 10.2. The van der Waals surface area contributed by atoms with E-state index in [2.05, 4.69) is 44.5 Å². The SMILES string of the molecule is CC(=O)NC1C=CN([C@H]2CC(O)[C@@H](CO[Si](C)(C)C(C)(C)C)O2)C(=O)N1. The minimum absolute atomic E-state index is 0.0736. The van der Waals surface area contributed by atoms with Gasteiger partial charge in [-0.1, -0.05) is 20.8 Å². The van der Waals surface area contributed by atoms with Gasteiger partial charge in [0.15, 0.2) is 8.32 Å². The number of carbonyl (C=O) groups is 2. The fourth-order valence-electron chi connectivity index (χ4n) is 2.57. The van der Waals surface area contributed by atoms with Crippen molar-refractivity contribution in [2.45, 2.75) is 76.8 Å². The van der Waals surface area contributed by atoms with Crippen LogP contribution in [-0.2, 0) is 14.0 Å². The van der Waals surface area contributed by atoms with Gasteiger partial charge in [0, 0.05) is 19.5 Å². The van der Waals surface area contributed by atoms with Gasteiger partial charge in [-0.3, -0.25) is 9.69 Å². The molecule has 0 aromatic rings. The maximum atomic E-state index is 12.3. The second-order valence-corrected chi connectivity index (χ2v) is 13.2. The number of hydrogen-bond donors (Lipinski definition) is 3. The van der Waals surface area contributed by atoms with Gasteiger partial charge in [0.2, 0.25) is 5.91 Å². The summed E-state index contributed by atoms with van der Waals surface area (Å²) in [6, 6.07) is -0.380. The number of urea groups is 1. The zero-order chi connectivity index (χ0) is 19.7. The van der Waals surface area contributed by atoms with Crippen LogP contribution in [0.5, 0.6) is 0 Å². The van der Waals surface area contributed by atoms with Crippen LogP contribution in [0, 0.1) is 0 Å². The van der Waals surface area contributed by atoms with Gasteiger partial charge >= 0.3 is 6.03 Å². The van der Waals surface area contributed by atoms with Crippen LogP contribution in [0.15, 0.2) is 12.3 Å². The first kappa shape index (κ1) is 20.9. The zero-order valence-electron chi connectivity index (χ0n) is 16.4. The Morgan fingerprint density at radius 2 is 2.15 bits per heavy atom. The molecular formula is C17H31N3O5Si. The van der Waals surface area contributed by atoms with Crippen molar-refractivity contribution in [2.24, 2.45) is 0 Å². The molecule has 26 heavy (non-hydrogen) atoms. The van der Waals surface area contributed by atoms with Gasteiger partial charge in [0.25, 0.3) is 0 Å². The molecule has 0 spiro atoms. The Kier molecular flexibility index (Phi) is 6.16. The van der Waals surface area contributed by atoms with Crippen LogP contribution in [0.1, 0.15) is 34.1 Å². The van der Waals surface area contributed by atoms with E-state index in [1.54, 1.807) is 12.3 Å². The van der Waals surface area contributed by atoms with Gasteiger partial charge in [-0.15, -0.1) is 0 Å². The Hall–Kier alpha value is -1.42. The van der Waals surface area contributed by atoms with Crippen molar-refractivity contribution in [1.82, 2.24) is 15.5 Å². The van der Waals surface area contributed by atoms with Gasteiger partial charge in [0.05, 0.1) is 12.7 Å². The lowest BCUT2D eigenvalue weighted by molar-refractivity contribution is -0.119. The summed E-state index contributed by atoms with van der Waals surface area (Å²) in [6.45, 7) is 12.5. The Morgan fingerprint density at radius 3 is 2.69 bits per heavy atom. The van der Waals surface area contributed by atoms with Crippen molar-refractivity contribution in [2.75, 3.05) is 6.61 Å². The summed E-state index contributed by atoms with van der Waals surface area (Å²) in [5.74, 6) is -0.233. The van der Waals surface area contributed by atoms with Crippen LogP contribution in [-0.4, -0.2) is 61.5 Å². The lowest BCUT2D eigenvalue weighted by Crippen LogP contribution is -2.55. The van der Waals surface area contributed by atoms with E-state index in [0.29, 0.717) is 13.0 Å². The molecule has 0 bridgehead atoms. The van der Waals surface area contributed by atoms with E-state index in [-0.39, 0.29) is 17.0 Å². The van der Waals surface area contributed by atoms with Crippen LogP contribution in [0.25, 0.3) is 0 Å². The van der Waals surface area contributed by atoms with E-state index >= 15 is 0 Å². The molecule has 0 aromatic heterocycles. The Morgan fingerprint density at radius 1 is 1.50 bits per heavy atom. The highest BCUT2D eigenvalue weighted by atomic mass is 28.4. The summed E-state index contributed by atoms with van der Waals surface area (Å²) in [4.78, 5) is 24.7. The van der Waals surface area contributed by atoms with E-state index in [1.807, 2.05) is 0 Å². The molecule has 0 aromatic carbocycles. The molecule has 1 fully saturated rings. The van der Waals surface area contributed by atoms with Gasteiger partial charge in [0.1, 0.15) is 18.5 Å². The van der Waals surface area contributed by atoms with E-state index < -0.39 is 32.9 Å². The molecular weight excluding hydrogens is 354 g/mol. The van der Waals surface area contributed by atoms with E-state index in [1.165, 1.54) is 11.8 Å². The molecule has 4 atom stereocenters. The molecule has 2 aliphatic rings. The highest BCUT2D eigenvalue weighted by Crippen LogP contribution is 2.37. The summed E-state index contributed by atoms with van der Waals surface area (Å²) in [5, 5.41) is 15.7. The first-order chi connectivity index (χ1) is 11.9. The minimum Gasteiger partial charge on any atom is -0.414 e. The maximum Gasteiger partial charge on any atom is 0.325 e. The molecule has 148 valence electrons. The molecule has 2 aliphatic heterocycles. The Balaban J connectivity index is 1.94. The first-order valence-electron chi connectivity index (χ1n) is 8.92. The fourth-order valence-corrected chi connectivity index (χ4v) is 3.59. The lowest BCUT2D eigenvalue weighted by Gasteiger charge is -2.37. The minimum atomic E-state index is -1.94. The highest BCUT2D eigenvalue weighted by molar-refractivity contribution is 6.74. The van der Waals surface area contributed by atoms with E-state index in [0.717, 1.165) is 0 Å². The van der Waals surface area contributed by atoms with Crippen LogP contribution in [0.3, 0.4) is 0 Å². The molecule has 2 rings (SSSR count). The third-order valence-electron chi connectivity index (χ3n) is 5.24. The smallest absolute Gasteiger partial charge is 0.325 e. The second kappa shape index (κ2) is 7.67. The molecule has 9 heteroatoms. The van der Waals surface area contributed by atoms with Crippen molar-refractivity contribution < 1.29 is 23.9 Å². The normalized spacial score (nSPS) is 29.7. The topological polar surface area (TPSA) is 100 Å². The number of carbonyl (C=O) groups excluding carboxylic acids is 2. The quantitative estimate of drug-likeness (QED) is 0.623. The summed E-state index contributed by atoms with van der Waals surface area (Å²) >= 11 is 0. The van der Waals surface area contributed by atoms with E-state index in [4.69, 9.17) is 9.16 Å². The molecule has 2 heterocycles. The molecule has 8 nitrogen and oxygen atoms in total.